The van der Waals surface area contributed by atoms with Gasteiger partial charge in [-0.05, 0) is 29.3 Å². The van der Waals surface area contributed by atoms with Crippen molar-refractivity contribution in [2.75, 3.05) is 24.3 Å². The van der Waals surface area contributed by atoms with Crippen LogP contribution in [-0.2, 0) is 17.8 Å². The van der Waals surface area contributed by atoms with E-state index in [4.69, 9.17) is 0 Å². The first-order chi connectivity index (χ1) is 12.5. The van der Waals surface area contributed by atoms with Crippen LogP contribution in [0.5, 0.6) is 0 Å². The number of pyridine rings is 1. The minimum Gasteiger partial charge on any atom is -0.363 e. The van der Waals surface area contributed by atoms with Crippen LogP contribution in [0.15, 0.2) is 54.9 Å². The second-order valence-corrected chi connectivity index (χ2v) is 6.17. The molecule has 3 rings (SSSR count). The summed E-state index contributed by atoms with van der Waals surface area (Å²) < 4.78 is 14.6. The number of hydrogen-bond acceptors (Lipinski definition) is 4. The van der Waals surface area contributed by atoms with Gasteiger partial charge in [-0.1, -0.05) is 18.2 Å². The number of anilines is 2. The molecule has 7 heteroatoms. The van der Waals surface area contributed by atoms with E-state index in [0.717, 1.165) is 16.9 Å². The van der Waals surface area contributed by atoms with Crippen LogP contribution in [0.3, 0.4) is 0 Å². The second kappa shape index (κ2) is 7.77. The fourth-order valence-corrected chi connectivity index (χ4v) is 2.45. The molecule has 1 N–H and O–H groups in total. The molecular weight excluding hydrogens is 333 g/mol. The number of carbonyl (C=O) groups excluding carboxylic acids is 1. The highest BCUT2D eigenvalue weighted by molar-refractivity contribution is 5.91. The average Bonchev–Trinajstić information content (AvgIpc) is 3.04. The molecule has 0 radical (unpaired) electrons. The van der Waals surface area contributed by atoms with Crippen molar-refractivity contribution < 1.29 is 9.18 Å². The molecule has 0 aliphatic heterocycles. The molecule has 0 spiro atoms. The Bertz CT molecular complexity index is 872. The molecule has 0 aliphatic carbocycles. The fraction of sp³-hybridized carbons (Fsp3) is 0.211. The lowest BCUT2D eigenvalue weighted by Gasteiger charge is -2.11. The number of rotatable bonds is 6. The summed E-state index contributed by atoms with van der Waals surface area (Å²) in [5.74, 6) is 0.899. The lowest BCUT2D eigenvalue weighted by molar-refractivity contribution is -0.115. The van der Waals surface area contributed by atoms with Crippen molar-refractivity contribution in [1.82, 2.24) is 14.8 Å². The van der Waals surface area contributed by atoms with E-state index < -0.39 is 0 Å². The van der Waals surface area contributed by atoms with E-state index in [1.165, 1.54) is 12.1 Å². The van der Waals surface area contributed by atoms with Gasteiger partial charge in [0.2, 0.25) is 5.91 Å². The van der Waals surface area contributed by atoms with Crippen LogP contribution in [0.25, 0.3) is 0 Å². The molecule has 0 fully saturated rings. The van der Waals surface area contributed by atoms with Crippen molar-refractivity contribution in [3.63, 3.8) is 0 Å². The van der Waals surface area contributed by atoms with E-state index in [2.05, 4.69) is 15.4 Å². The van der Waals surface area contributed by atoms with E-state index in [-0.39, 0.29) is 18.1 Å². The maximum Gasteiger partial charge on any atom is 0.230 e. The number of carbonyl (C=O) groups is 1. The van der Waals surface area contributed by atoms with Crippen LogP contribution in [0, 0.1) is 5.82 Å². The third-order valence-corrected chi connectivity index (χ3v) is 3.80. The highest BCUT2D eigenvalue weighted by Crippen LogP contribution is 2.11. The van der Waals surface area contributed by atoms with Crippen molar-refractivity contribution in [1.29, 1.82) is 0 Å². The van der Waals surface area contributed by atoms with Crippen molar-refractivity contribution in [3.05, 3.63) is 71.8 Å². The molecule has 2 heterocycles. The molecule has 1 amide bonds. The zero-order chi connectivity index (χ0) is 18.5. The van der Waals surface area contributed by atoms with Gasteiger partial charge in [-0.3, -0.25) is 9.48 Å². The van der Waals surface area contributed by atoms with Gasteiger partial charge in [-0.2, -0.15) is 5.10 Å². The quantitative estimate of drug-likeness (QED) is 0.740. The summed E-state index contributed by atoms with van der Waals surface area (Å²) >= 11 is 0. The van der Waals surface area contributed by atoms with Crippen molar-refractivity contribution in [3.8, 4) is 0 Å². The molecule has 0 saturated carbocycles. The maximum absolute atomic E-state index is 12.9. The normalized spacial score (nSPS) is 10.6. The summed E-state index contributed by atoms with van der Waals surface area (Å²) in [6, 6.07) is 11.7. The number of nitrogens with one attached hydrogen (secondary N) is 1. The van der Waals surface area contributed by atoms with Crippen molar-refractivity contribution in [2.45, 2.75) is 13.0 Å². The topological polar surface area (TPSA) is 63.1 Å². The van der Waals surface area contributed by atoms with Gasteiger partial charge < -0.3 is 10.2 Å². The molecule has 2 aromatic heterocycles. The highest BCUT2D eigenvalue weighted by Gasteiger charge is 2.08. The molecule has 0 bridgehead atoms. The van der Waals surface area contributed by atoms with Gasteiger partial charge in [-0.25, -0.2) is 9.37 Å². The van der Waals surface area contributed by atoms with Crippen LogP contribution in [0.4, 0.5) is 16.0 Å². The summed E-state index contributed by atoms with van der Waals surface area (Å²) in [4.78, 5) is 18.4. The van der Waals surface area contributed by atoms with Gasteiger partial charge in [-0.15, -0.1) is 0 Å². The average molecular weight is 353 g/mol. The number of nitrogens with zero attached hydrogens (tertiary/aromatic N) is 4. The third kappa shape index (κ3) is 4.66. The largest absolute Gasteiger partial charge is 0.363 e. The Morgan fingerprint density at radius 2 is 1.85 bits per heavy atom. The Kier molecular flexibility index (Phi) is 5.26. The Balaban J connectivity index is 1.56. The predicted octanol–water partition coefficient (Wildman–Crippen LogP) is 2.71. The van der Waals surface area contributed by atoms with Crippen molar-refractivity contribution in [2.24, 2.45) is 0 Å². The Labute approximate surface area is 151 Å². The molecule has 3 aromatic rings. The van der Waals surface area contributed by atoms with Gasteiger partial charge >= 0.3 is 0 Å². The Morgan fingerprint density at radius 3 is 2.50 bits per heavy atom. The SMILES string of the molecule is CN(C)c1ccc(CC(=O)Nc2ccn(Cc3ccc(F)cc3)n2)cn1. The molecule has 0 saturated heterocycles. The summed E-state index contributed by atoms with van der Waals surface area (Å²) in [6.07, 6.45) is 3.69. The lowest BCUT2D eigenvalue weighted by Crippen LogP contribution is -2.16. The molecule has 0 atom stereocenters. The van der Waals surface area contributed by atoms with Crippen molar-refractivity contribution >= 4 is 17.5 Å². The van der Waals surface area contributed by atoms with E-state index >= 15 is 0 Å². The summed E-state index contributed by atoms with van der Waals surface area (Å²) in [5, 5.41) is 7.09. The number of aromatic nitrogens is 3. The van der Waals surface area contributed by atoms with Crippen LogP contribution < -0.4 is 10.2 Å². The van der Waals surface area contributed by atoms with Crippen LogP contribution in [0.2, 0.25) is 0 Å². The lowest BCUT2D eigenvalue weighted by atomic mass is 10.2. The molecule has 134 valence electrons. The first kappa shape index (κ1) is 17.6. The highest BCUT2D eigenvalue weighted by atomic mass is 19.1. The van der Waals surface area contributed by atoms with E-state index in [1.807, 2.05) is 31.1 Å². The number of amides is 1. The van der Waals surface area contributed by atoms with E-state index in [9.17, 15) is 9.18 Å². The summed E-state index contributed by atoms with van der Waals surface area (Å²) in [6.45, 7) is 0.506. The smallest absolute Gasteiger partial charge is 0.230 e. The van der Waals surface area contributed by atoms with Gasteiger partial charge in [0.15, 0.2) is 5.82 Å². The van der Waals surface area contributed by atoms with E-state index in [1.54, 1.807) is 35.3 Å². The maximum atomic E-state index is 12.9. The molecule has 26 heavy (non-hydrogen) atoms. The molecule has 0 unspecified atom stereocenters. The molecule has 1 aromatic carbocycles. The summed E-state index contributed by atoms with van der Waals surface area (Å²) in [5.41, 5.74) is 1.76. The van der Waals surface area contributed by atoms with Gasteiger partial charge in [0, 0.05) is 32.6 Å². The molecule has 6 nitrogen and oxygen atoms in total. The minimum atomic E-state index is -0.268. The molecular formula is C19H20FN5O. The number of halogens is 1. The van der Waals surface area contributed by atoms with Gasteiger partial charge in [0.1, 0.15) is 11.6 Å². The number of hydrogen-bond donors (Lipinski definition) is 1. The fourth-order valence-electron chi connectivity index (χ4n) is 2.45. The Morgan fingerprint density at radius 1 is 1.12 bits per heavy atom. The second-order valence-electron chi connectivity index (χ2n) is 6.17. The van der Waals surface area contributed by atoms with E-state index in [0.29, 0.717) is 12.4 Å². The zero-order valence-electron chi connectivity index (χ0n) is 14.7. The van der Waals surface area contributed by atoms with Crippen LogP contribution in [0.1, 0.15) is 11.1 Å². The monoisotopic (exact) mass is 353 g/mol. The minimum absolute atomic E-state index is 0.156. The standard InChI is InChI=1S/C19H20FN5O/c1-24(2)18-8-5-15(12-21-18)11-19(26)22-17-9-10-25(23-17)13-14-3-6-16(20)7-4-14/h3-10,12H,11,13H2,1-2H3,(H,22,23,26). The molecule has 0 aliphatic rings. The Hall–Kier alpha value is -3.22. The van der Waals surface area contributed by atoms with Crippen LogP contribution >= 0.6 is 0 Å². The first-order valence-electron chi connectivity index (χ1n) is 8.19. The van der Waals surface area contributed by atoms with Crippen LogP contribution in [-0.4, -0.2) is 34.8 Å². The van der Waals surface area contributed by atoms with Gasteiger partial charge in [0.25, 0.3) is 0 Å². The van der Waals surface area contributed by atoms with Gasteiger partial charge in [0.05, 0.1) is 13.0 Å². The summed E-state index contributed by atoms with van der Waals surface area (Å²) in [7, 11) is 3.83. The predicted molar refractivity (Wildman–Crippen MR) is 98.6 cm³/mol. The first-order valence-corrected chi connectivity index (χ1v) is 8.19. The zero-order valence-corrected chi connectivity index (χ0v) is 14.7. The third-order valence-electron chi connectivity index (χ3n) is 3.80. The number of benzene rings is 1.